The van der Waals surface area contributed by atoms with Gasteiger partial charge in [-0.3, -0.25) is 4.68 Å². The minimum absolute atomic E-state index is 0.332. The predicted molar refractivity (Wildman–Crippen MR) is 95.6 cm³/mol. The minimum atomic E-state index is -0.508. The Kier molecular flexibility index (Phi) is 5.52. The maximum atomic E-state index is 13.9. The van der Waals surface area contributed by atoms with E-state index in [1.54, 1.807) is 29.7 Å². The largest absolute Gasteiger partial charge is 0.444 e. The number of ether oxygens (including phenoxy) is 1. The van der Waals surface area contributed by atoms with Crippen molar-refractivity contribution in [1.82, 2.24) is 14.7 Å². The Labute approximate surface area is 149 Å². The molecule has 2 aromatic rings. The molecule has 0 aliphatic rings. The minimum Gasteiger partial charge on any atom is -0.444 e. The van der Waals surface area contributed by atoms with E-state index in [-0.39, 0.29) is 11.9 Å². The Balaban J connectivity index is 2.05. The lowest BCUT2D eigenvalue weighted by Gasteiger charge is -2.24. The summed E-state index contributed by atoms with van der Waals surface area (Å²) in [7, 11) is 3.52. The number of aromatic nitrogens is 2. The molecule has 24 heavy (non-hydrogen) atoms. The number of benzene rings is 1. The van der Waals surface area contributed by atoms with Gasteiger partial charge < -0.3 is 9.64 Å². The first-order valence-electron chi connectivity index (χ1n) is 7.84. The highest BCUT2D eigenvalue weighted by Crippen LogP contribution is 2.29. The smallest absolute Gasteiger partial charge is 0.410 e. The number of carbonyl (C=O) groups excluding carboxylic acids is 1. The van der Waals surface area contributed by atoms with Crippen LogP contribution in [0.3, 0.4) is 0 Å². The molecule has 0 radical (unpaired) electrons. The SMILES string of the molecule is CN(CCCc1c2c(Br)ccc(F)c2nn1C)C(=O)OC(C)(C)C. The molecule has 2 rings (SSSR count). The number of nitrogens with zero attached hydrogens (tertiary/aromatic N) is 3. The van der Waals surface area contributed by atoms with Gasteiger partial charge in [0, 0.05) is 36.2 Å². The third kappa shape index (κ3) is 4.26. The molecule has 0 bridgehead atoms. The first-order valence-corrected chi connectivity index (χ1v) is 8.63. The highest BCUT2D eigenvalue weighted by Gasteiger charge is 2.20. The highest BCUT2D eigenvalue weighted by molar-refractivity contribution is 9.10. The molecule has 0 N–H and O–H groups in total. The van der Waals surface area contributed by atoms with E-state index in [0.29, 0.717) is 18.5 Å². The van der Waals surface area contributed by atoms with Gasteiger partial charge in [0.1, 0.15) is 11.1 Å². The number of hydrogen-bond acceptors (Lipinski definition) is 3. The number of carbonyl (C=O) groups is 1. The van der Waals surface area contributed by atoms with Crippen LogP contribution in [0.15, 0.2) is 16.6 Å². The van der Waals surface area contributed by atoms with Crippen molar-refractivity contribution in [3.8, 4) is 0 Å². The van der Waals surface area contributed by atoms with Gasteiger partial charge in [-0.2, -0.15) is 5.10 Å². The van der Waals surface area contributed by atoms with E-state index < -0.39 is 5.60 Å². The summed E-state index contributed by atoms with van der Waals surface area (Å²) in [5, 5.41) is 5.05. The molecule has 0 aliphatic heterocycles. The van der Waals surface area contributed by atoms with Crippen LogP contribution in [-0.4, -0.2) is 40.0 Å². The fourth-order valence-corrected chi connectivity index (χ4v) is 3.04. The Bertz CT molecular complexity index is 752. The van der Waals surface area contributed by atoms with Crippen molar-refractivity contribution in [1.29, 1.82) is 0 Å². The summed E-state index contributed by atoms with van der Waals surface area (Å²) in [4.78, 5) is 13.5. The Morgan fingerprint density at radius 1 is 1.42 bits per heavy atom. The third-order valence-electron chi connectivity index (χ3n) is 3.62. The van der Waals surface area contributed by atoms with Gasteiger partial charge in [0.05, 0.1) is 0 Å². The molecule has 132 valence electrons. The van der Waals surface area contributed by atoms with Gasteiger partial charge in [-0.05, 0) is 45.7 Å². The summed E-state index contributed by atoms with van der Waals surface area (Å²) in [6.45, 7) is 6.07. The lowest BCUT2D eigenvalue weighted by atomic mass is 10.1. The van der Waals surface area contributed by atoms with Crippen LogP contribution in [0.5, 0.6) is 0 Å². The lowest BCUT2D eigenvalue weighted by molar-refractivity contribution is 0.0297. The van der Waals surface area contributed by atoms with Crippen LogP contribution in [0.1, 0.15) is 32.9 Å². The van der Waals surface area contributed by atoms with Crippen molar-refractivity contribution in [3.63, 3.8) is 0 Å². The van der Waals surface area contributed by atoms with Gasteiger partial charge >= 0.3 is 6.09 Å². The molecule has 1 aromatic heterocycles. The molecule has 0 aliphatic carbocycles. The quantitative estimate of drug-likeness (QED) is 0.770. The fourth-order valence-electron chi connectivity index (χ4n) is 2.49. The second kappa shape index (κ2) is 7.09. The van der Waals surface area contributed by atoms with Crippen molar-refractivity contribution in [2.45, 2.75) is 39.2 Å². The molecular formula is C17H23BrFN3O2. The average Bonchev–Trinajstić information content (AvgIpc) is 2.79. The number of rotatable bonds is 4. The summed E-state index contributed by atoms with van der Waals surface area (Å²) >= 11 is 3.47. The number of hydrogen-bond donors (Lipinski definition) is 0. The topological polar surface area (TPSA) is 47.4 Å². The summed E-state index contributed by atoms with van der Waals surface area (Å²) in [5.41, 5.74) is 0.794. The molecule has 5 nitrogen and oxygen atoms in total. The highest BCUT2D eigenvalue weighted by atomic mass is 79.9. The molecule has 0 unspecified atom stereocenters. The summed E-state index contributed by atoms with van der Waals surface area (Å²) < 4.78 is 21.8. The predicted octanol–water partition coefficient (Wildman–Crippen LogP) is 4.27. The number of amides is 1. The second-order valence-electron chi connectivity index (χ2n) is 6.83. The molecule has 0 spiro atoms. The standard InChI is InChI=1S/C17H23BrFN3O2/c1-17(2,3)24-16(23)21(4)10-6-7-13-14-11(18)8-9-12(19)15(14)20-22(13)5/h8-9H,6-7,10H2,1-5H3. The number of halogens is 2. The van der Waals surface area contributed by atoms with E-state index in [1.807, 2.05) is 20.8 Å². The van der Waals surface area contributed by atoms with Crippen LogP contribution in [0.4, 0.5) is 9.18 Å². The first kappa shape index (κ1) is 18.7. The molecule has 0 saturated carbocycles. The van der Waals surface area contributed by atoms with Crippen LogP contribution < -0.4 is 0 Å². The van der Waals surface area contributed by atoms with Crippen molar-refractivity contribution < 1.29 is 13.9 Å². The molecule has 1 heterocycles. The molecule has 0 fully saturated rings. The molecule has 1 aromatic carbocycles. The van der Waals surface area contributed by atoms with Crippen molar-refractivity contribution in [3.05, 3.63) is 28.1 Å². The monoisotopic (exact) mass is 399 g/mol. The van der Waals surface area contributed by atoms with E-state index in [1.165, 1.54) is 6.07 Å². The van der Waals surface area contributed by atoms with Crippen LogP contribution >= 0.6 is 15.9 Å². The van der Waals surface area contributed by atoms with Gasteiger partial charge in [-0.25, -0.2) is 9.18 Å². The van der Waals surface area contributed by atoms with Gasteiger partial charge in [0.2, 0.25) is 0 Å². The zero-order chi connectivity index (χ0) is 18.1. The van der Waals surface area contributed by atoms with Crippen LogP contribution in [0, 0.1) is 5.82 Å². The van der Waals surface area contributed by atoms with Crippen LogP contribution in [0.25, 0.3) is 10.9 Å². The molecule has 0 saturated heterocycles. The molecule has 1 amide bonds. The normalized spacial score (nSPS) is 11.8. The molecule has 7 heteroatoms. The number of aryl methyl sites for hydroxylation is 2. The zero-order valence-corrected chi connectivity index (χ0v) is 16.3. The Hall–Kier alpha value is -1.63. The summed E-state index contributed by atoms with van der Waals surface area (Å²) in [5.74, 6) is -0.332. The first-order chi connectivity index (χ1) is 11.1. The Morgan fingerprint density at radius 3 is 2.71 bits per heavy atom. The number of fused-ring (bicyclic) bond motifs is 1. The molecular weight excluding hydrogens is 377 g/mol. The zero-order valence-electron chi connectivity index (χ0n) is 14.7. The van der Waals surface area contributed by atoms with Crippen molar-refractivity contribution in [2.24, 2.45) is 7.05 Å². The van der Waals surface area contributed by atoms with E-state index in [2.05, 4.69) is 21.0 Å². The van der Waals surface area contributed by atoms with Gasteiger partial charge in [-0.1, -0.05) is 15.9 Å². The van der Waals surface area contributed by atoms with E-state index >= 15 is 0 Å². The fraction of sp³-hybridized carbons (Fsp3) is 0.529. The third-order valence-corrected chi connectivity index (χ3v) is 4.28. The summed E-state index contributed by atoms with van der Waals surface area (Å²) in [6, 6.07) is 3.09. The van der Waals surface area contributed by atoms with E-state index in [9.17, 15) is 9.18 Å². The van der Waals surface area contributed by atoms with Crippen LogP contribution in [0.2, 0.25) is 0 Å². The van der Waals surface area contributed by atoms with Crippen molar-refractivity contribution in [2.75, 3.05) is 13.6 Å². The molecule has 0 atom stereocenters. The second-order valence-corrected chi connectivity index (χ2v) is 7.68. The van der Waals surface area contributed by atoms with E-state index in [4.69, 9.17) is 4.74 Å². The van der Waals surface area contributed by atoms with Gasteiger partial charge in [-0.15, -0.1) is 0 Å². The maximum Gasteiger partial charge on any atom is 0.410 e. The maximum absolute atomic E-state index is 13.9. The Morgan fingerprint density at radius 2 is 2.08 bits per heavy atom. The van der Waals surface area contributed by atoms with Crippen molar-refractivity contribution >= 4 is 32.9 Å². The van der Waals surface area contributed by atoms with Gasteiger partial charge in [0.25, 0.3) is 0 Å². The lowest BCUT2D eigenvalue weighted by Crippen LogP contribution is -2.34. The van der Waals surface area contributed by atoms with Crippen LogP contribution in [-0.2, 0) is 18.2 Å². The van der Waals surface area contributed by atoms with E-state index in [0.717, 1.165) is 22.0 Å². The summed E-state index contributed by atoms with van der Waals surface area (Å²) in [6.07, 6.45) is 1.07. The average molecular weight is 400 g/mol. The van der Waals surface area contributed by atoms with Gasteiger partial charge in [0.15, 0.2) is 5.82 Å².